The summed E-state index contributed by atoms with van der Waals surface area (Å²) in [5, 5.41) is 56.7. The van der Waals surface area contributed by atoms with Crippen LogP contribution in [0.4, 0.5) is 5.69 Å². The van der Waals surface area contributed by atoms with Gasteiger partial charge in [-0.1, -0.05) is 0 Å². The molecule has 0 unspecified atom stereocenters. The van der Waals surface area contributed by atoms with E-state index in [9.17, 15) is 35.3 Å². The largest absolute Gasteiger partial charge is 0.462 e. The molecule has 1 aromatic rings. The van der Waals surface area contributed by atoms with Gasteiger partial charge >= 0.3 is 0 Å². The first-order chi connectivity index (χ1) is 26.7. The Morgan fingerprint density at radius 1 is 0.764 bits per heavy atom. The fourth-order valence-corrected chi connectivity index (χ4v) is 4.75. The van der Waals surface area contributed by atoms with Crippen molar-refractivity contribution in [2.24, 2.45) is 16.5 Å². The number of nitro benzene ring substituents is 1. The predicted octanol–water partition coefficient (Wildman–Crippen LogP) is -1.97. The van der Waals surface area contributed by atoms with Gasteiger partial charge in [0, 0.05) is 57.7 Å². The molecule has 0 bridgehead atoms. The fraction of sp³-hybridized carbons (Fsp3) is 0.765. The molecule has 1 saturated heterocycles. The monoisotopic (exact) mass is 792 g/mol. The van der Waals surface area contributed by atoms with E-state index in [0.29, 0.717) is 118 Å². The van der Waals surface area contributed by atoms with Crippen molar-refractivity contribution in [1.29, 1.82) is 0 Å². The molecule has 21 heteroatoms. The van der Waals surface area contributed by atoms with Crippen LogP contribution in [0.25, 0.3) is 0 Å². The molecule has 1 aliphatic rings. The molecule has 21 nitrogen and oxygen atoms in total. The fourth-order valence-electron chi connectivity index (χ4n) is 4.75. The molecular formula is C34H60N6O15. The number of aliphatic hydroxyl groups is 4. The Labute approximate surface area is 320 Å². The Bertz CT molecular complexity index is 1220. The van der Waals surface area contributed by atoms with E-state index in [1.165, 1.54) is 6.07 Å². The molecular weight excluding hydrogens is 732 g/mol. The maximum Gasteiger partial charge on any atom is 0.273 e. The summed E-state index contributed by atoms with van der Waals surface area (Å²) < 4.78 is 43.6. The second-order valence-electron chi connectivity index (χ2n) is 12.1. The average Bonchev–Trinajstić information content (AvgIpc) is 3.18. The molecule has 10 N–H and O–H groups in total. The summed E-state index contributed by atoms with van der Waals surface area (Å²) in [4.78, 5) is 27.7. The normalized spacial score (nSPS) is 20.0. The van der Waals surface area contributed by atoms with Gasteiger partial charge in [0.05, 0.1) is 70.5 Å². The van der Waals surface area contributed by atoms with Crippen LogP contribution >= 0.6 is 0 Å². The van der Waals surface area contributed by atoms with E-state index in [0.717, 1.165) is 25.0 Å². The molecule has 316 valence electrons. The molecule has 0 aromatic heterocycles. The summed E-state index contributed by atoms with van der Waals surface area (Å²) in [7, 11) is 0. The highest BCUT2D eigenvalue weighted by molar-refractivity contribution is 5.95. The number of nitro groups is 1. The number of nitrogens with zero attached hydrogens (tertiary/aromatic N) is 2. The number of guanidine groups is 1. The Hall–Kier alpha value is -3.32. The molecule has 5 atom stereocenters. The number of non-ortho nitro benzene ring substituents is 1. The van der Waals surface area contributed by atoms with Crippen LogP contribution in [-0.4, -0.2) is 180 Å². The predicted molar refractivity (Wildman–Crippen MR) is 197 cm³/mol. The zero-order valence-electron chi connectivity index (χ0n) is 31.3. The van der Waals surface area contributed by atoms with Crippen LogP contribution in [0.1, 0.15) is 36.0 Å². The van der Waals surface area contributed by atoms with Crippen molar-refractivity contribution in [2.45, 2.75) is 56.4 Å². The molecule has 0 saturated carbocycles. The van der Waals surface area contributed by atoms with E-state index in [2.05, 4.69) is 15.6 Å². The topological polar surface area (TPSA) is 303 Å². The third-order valence-corrected chi connectivity index (χ3v) is 7.70. The molecule has 55 heavy (non-hydrogen) atoms. The van der Waals surface area contributed by atoms with Gasteiger partial charge < -0.3 is 80.4 Å². The molecule has 2 rings (SSSR count). The maximum atomic E-state index is 12.7. The highest BCUT2D eigenvalue weighted by atomic mass is 16.7. The van der Waals surface area contributed by atoms with Gasteiger partial charge in [0.15, 0.2) is 5.96 Å². The lowest BCUT2D eigenvalue weighted by atomic mass is 9.99. The zero-order valence-corrected chi connectivity index (χ0v) is 31.3. The van der Waals surface area contributed by atoms with Crippen molar-refractivity contribution in [3.63, 3.8) is 0 Å². The van der Waals surface area contributed by atoms with E-state index in [4.69, 9.17) is 49.4 Å². The Morgan fingerprint density at radius 3 is 1.84 bits per heavy atom. The van der Waals surface area contributed by atoms with Crippen LogP contribution in [0.15, 0.2) is 23.2 Å². The highest BCUT2D eigenvalue weighted by Gasteiger charge is 2.44. The van der Waals surface area contributed by atoms with Crippen molar-refractivity contribution in [2.75, 3.05) is 112 Å². The van der Waals surface area contributed by atoms with Crippen molar-refractivity contribution in [1.82, 2.24) is 10.6 Å². The number of nitrogens with one attached hydrogen (secondary N) is 2. The van der Waals surface area contributed by atoms with Gasteiger partial charge in [-0.2, -0.15) is 0 Å². The minimum Gasteiger partial charge on any atom is -0.462 e. The van der Waals surface area contributed by atoms with Crippen LogP contribution in [0, 0.1) is 10.1 Å². The third kappa shape index (κ3) is 21.0. The van der Waals surface area contributed by atoms with E-state index in [1.54, 1.807) is 0 Å². The first-order valence-electron chi connectivity index (χ1n) is 18.4. The number of carbonyl (C=O) groups is 1. The molecule has 1 aromatic carbocycles. The molecule has 1 heterocycles. The number of hydrogen-bond acceptors (Lipinski definition) is 17. The number of hydrogen-bond donors (Lipinski definition) is 8. The highest BCUT2D eigenvalue weighted by Crippen LogP contribution is 2.28. The number of aliphatic hydroxyl groups excluding tert-OH is 4. The summed E-state index contributed by atoms with van der Waals surface area (Å²) >= 11 is 0. The van der Waals surface area contributed by atoms with Crippen LogP contribution < -0.4 is 26.8 Å². The minimum absolute atomic E-state index is 0.0948. The summed E-state index contributed by atoms with van der Waals surface area (Å²) in [5.74, 6) is -0.447. The maximum absolute atomic E-state index is 12.7. The second-order valence-corrected chi connectivity index (χ2v) is 12.1. The van der Waals surface area contributed by atoms with Gasteiger partial charge in [-0.15, -0.1) is 0 Å². The average molecular weight is 793 g/mol. The van der Waals surface area contributed by atoms with Crippen LogP contribution in [-0.2, 0) is 33.2 Å². The van der Waals surface area contributed by atoms with E-state index >= 15 is 0 Å². The third-order valence-electron chi connectivity index (χ3n) is 7.70. The lowest BCUT2D eigenvalue weighted by molar-refractivity contribution is -0.385. The number of aliphatic imine (C=N–C) groups is 1. The number of rotatable bonds is 32. The quantitative estimate of drug-likeness (QED) is 0.0129. The number of ether oxygens (including phenoxy) is 8. The second kappa shape index (κ2) is 29.9. The molecule has 1 aliphatic heterocycles. The Kier molecular flexibility index (Phi) is 26.0. The number of benzene rings is 1. The Balaban J connectivity index is 1.45. The van der Waals surface area contributed by atoms with Gasteiger partial charge in [0.25, 0.3) is 11.6 Å². The van der Waals surface area contributed by atoms with Crippen molar-refractivity contribution >= 4 is 17.6 Å². The molecule has 1 amide bonds. The van der Waals surface area contributed by atoms with Gasteiger partial charge in [-0.05, 0) is 38.3 Å². The summed E-state index contributed by atoms with van der Waals surface area (Å²) in [6.45, 7) is 7.08. The van der Waals surface area contributed by atoms with Crippen molar-refractivity contribution in [3.05, 3.63) is 33.9 Å². The molecule has 0 spiro atoms. The van der Waals surface area contributed by atoms with Crippen molar-refractivity contribution < 1.29 is 68.0 Å². The summed E-state index contributed by atoms with van der Waals surface area (Å²) in [5.41, 5.74) is 10.7. The molecule has 0 aliphatic carbocycles. The standard InChI is InChI=1S/C34H60N6O15/c35-5-1-9-48-13-17-52-19-15-50-11-3-7-38-34(36)39-8-4-12-51-16-20-53-18-14-49-10-2-6-37-32(45)25-21-26(40(46)47)23-27(22-25)54-33-31(44)30(43)29(42)28(24-41)55-33/h21-23,28-31,33,41-44H,1-20,24,35H2,(H,37,45)(H3,36,38,39)/t28-,29+,30+,31-,33+/m1/s1. The molecule has 0 radical (unpaired) electrons. The number of amides is 1. The van der Waals surface area contributed by atoms with E-state index in [-0.39, 0.29) is 17.9 Å². The van der Waals surface area contributed by atoms with Gasteiger partial charge in [-0.25, -0.2) is 0 Å². The summed E-state index contributed by atoms with van der Waals surface area (Å²) in [6.07, 6.45) is -5.07. The van der Waals surface area contributed by atoms with Gasteiger partial charge in [0.2, 0.25) is 6.29 Å². The first kappa shape index (κ1) is 47.8. The lowest BCUT2D eigenvalue weighted by Gasteiger charge is -2.39. The van der Waals surface area contributed by atoms with Crippen LogP contribution in [0.3, 0.4) is 0 Å². The summed E-state index contributed by atoms with van der Waals surface area (Å²) in [6, 6.07) is 3.27. The van der Waals surface area contributed by atoms with E-state index < -0.39 is 53.8 Å². The minimum atomic E-state index is -1.73. The van der Waals surface area contributed by atoms with E-state index in [1.807, 2.05) is 0 Å². The van der Waals surface area contributed by atoms with Crippen LogP contribution in [0.2, 0.25) is 0 Å². The van der Waals surface area contributed by atoms with Gasteiger partial charge in [0.1, 0.15) is 30.2 Å². The molecule has 1 fully saturated rings. The smallest absolute Gasteiger partial charge is 0.273 e. The Morgan fingerprint density at radius 2 is 1.29 bits per heavy atom. The first-order valence-corrected chi connectivity index (χ1v) is 18.4. The number of carbonyl (C=O) groups excluding carboxylic acids is 1. The SMILES string of the molecule is NCCCOCCOCCOCCCNC(N)=NCCCOCCOCCOCCCNC(=O)c1cc(O[C@H]2O[C@H](CO)[C@H](O)[C@H](O)[C@H]2O)cc([N+](=O)[O-])c1. The van der Waals surface area contributed by atoms with Crippen molar-refractivity contribution in [3.8, 4) is 5.75 Å². The van der Waals surface area contributed by atoms with Crippen LogP contribution in [0.5, 0.6) is 5.75 Å². The zero-order chi connectivity index (χ0) is 40.1. The lowest BCUT2D eigenvalue weighted by Crippen LogP contribution is -2.60. The number of nitrogens with two attached hydrogens (primary N) is 2. The van der Waals surface area contributed by atoms with Gasteiger partial charge in [-0.3, -0.25) is 19.9 Å².